The van der Waals surface area contributed by atoms with E-state index in [4.69, 9.17) is 16.5 Å². The van der Waals surface area contributed by atoms with Crippen LogP contribution in [-0.2, 0) is 0 Å². The van der Waals surface area contributed by atoms with E-state index >= 15 is 0 Å². The zero-order valence-electron chi connectivity index (χ0n) is 5.56. The third kappa shape index (κ3) is 4.91. The van der Waals surface area contributed by atoms with Crippen LogP contribution in [0.3, 0.4) is 0 Å². The van der Waals surface area contributed by atoms with Crippen molar-refractivity contribution in [2.24, 2.45) is 10.8 Å². The van der Waals surface area contributed by atoms with Crippen LogP contribution in [0.4, 0.5) is 0 Å². The highest BCUT2D eigenvalue weighted by Gasteiger charge is 1.96. The third-order valence-corrected chi connectivity index (χ3v) is 1.00. The van der Waals surface area contributed by atoms with Crippen molar-refractivity contribution in [2.75, 3.05) is 6.54 Å². The van der Waals surface area contributed by atoms with Gasteiger partial charge >= 0.3 is 0 Å². The minimum atomic E-state index is -0.422. The van der Waals surface area contributed by atoms with Crippen molar-refractivity contribution in [1.29, 1.82) is 5.26 Å². The Kier molecular flexibility index (Phi) is 5.16. The predicted molar refractivity (Wildman–Crippen MR) is 36.8 cm³/mol. The van der Waals surface area contributed by atoms with Crippen LogP contribution < -0.4 is 5.73 Å². The summed E-state index contributed by atoms with van der Waals surface area (Å²) in [6.07, 6.45) is 1.27. The van der Waals surface area contributed by atoms with E-state index in [0.717, 1.165) is 0 Å². The summed E-state index contributed by atoms with van der Waals surface area (Å²) in [4.78, 5) is 2.56. The topological polar surface area (TPSA) is 98.6 Å². The first-order valence-electron chi connectivity index (χ1n) is 2.97. The highest BCUT2D eigenvalue weighted by Crippen LogP contribution is 1.92. The van der Waals surface area contributed by atoms with E-state index in [-0.39, 0.29) is 0 Å². The van der Waals surface area contributed by atoms with Crippen molar-refractivity contribution in [2.45, 2.75) is 18.9 Å². The summed E-state index contributed by atoms with van der Waals surface area (Å²) >= 11 is 0. The summed E-state index contributed by atoms with van der Waals surface area (Å²) in [7, 11) is 0. The molecule has 0 aromatic rings. The van der Waals surface area contributed by atoms with Crippen LogP contribution in [0, 0.1) is 11.3 Å². The molecule has 0 amide bonds. The summed E-state index contributed by atoms with van der Waals surface area (Å²) in [6.45, 7) is 0.422. The second kappa shape index (κ2) is 5.89. The standard InChI is InChI=1S/C5H9N5/c6-4-5(7)2-1-3-9-10-8/h5H,1-3,7H2. The fourth-order valence-corrected chi connectivity index (χ4v) is 0.491. The third-order valence-electron chi connectivity index (χ3n) is 1.00. The van der Waals surface area contributed by atoms with Crippen LogP contribution in [0.1, 0.15) is 12.8 Å². The zero-order chi connectivity index (χ0) is 7.82. The molecule has 0 aliphatic rings. The molecule has 0 saturated heterocycles. The van der Waals surface area contributed by atoms with Crippen LogP contribution in [-0.4, -0.2) is 12.6 Å². The van der Waals surface area contributed by atoms with Crippen LogP contribution >= 0.6 is 0 Å². The Hall–Kier alpha value is -1.24. The van der Waals surface area contributed by atoms with Gasteiger partial charge in [-0.1, -0.05) is 5.11 Å². The van der Waals surface area contributed by atoms with E-state index < -0.39 is 6.04 Å². The van der Waals surface area contributed by atoms with Gasteiger partial charge < -0.3 is 5.73 Å². The van der Waals surface area contributed by atoms with Crippen molar-refractivity contribution in [1.82, 2.24) is 0 Å². The number of hydrogen-bond acceptors (Lipinski definition) is 3. The lowest BCUT2D eigenvalue weighted by molar-refractivity contribution is 0.681. The smallest absolute Gasteiger partial charge is 0.0928 e. The molecule has 0 aromatic carbocycles. The molecule has 0 spiro atoms. The molecule has 0 saturated carbocycles. The van der Waals surface area contributed by atoms with E-state index in [2.05, 4.69) is 10.0 Å². The monoisotopic (exact) mass is 139 g/mol. The van der Waals surface area contributed by atoms with Crippen LogP contribution in [0.15, 0.2) is 5.11 Å². The van der Waals surface area contributed by atoms with Crippen molar-refractivity contribution in [3.05, 3.63) is 10.4 Å². The second-order valence-electron chi connectivity index (χ2n) is 1.83. The Morgan fingerprint density at radius 3 is 3.00 bits per heavy atom. The summed E-state index contributed by atoms with van der Waals surface area (Å²) in [5.74, 6) is 0. The molecule has 0 aliphatic heterocycles. The lowest BCUT2D eigenvalue weighted by Crippen LogP contribution is -2.16. The van der Waals surface area contributed by atoms with Crippen LogP contribution in [0.2, 0.25) is 0 Å². The molecular weight excluding hydrogens is 130 g/mol. The van der Waals surface area contributed by atoms with Gasteiger partial charge in [0.2, 0.25) is 0 Å². The molecule has 54 valence electrons. The highest BCUT2D eigenvalue weighted by atomic mass is 15.1. The van der Waals surface area contributed by atoms with Gasteiger partial charge in [-0.3, -0.25) is 0 Å². The lowest BCUT2D eigenvalue weighted by atomic mass is 10.2. The molecule has 0 radical (unpaired) electrons. The van der Waals surface area contributed by atoms with Crippen molar-refractivity contribution >= 4 is 0 Å². The minimum Gasteiger partial charge on any atom is -0.316 e. The Morgan fingerprint density at radius 1 is 1.80 bits per heavy atom. The predicted octanol–water partition coefficient (Wildman–Crippen LogP) is 0.928. The quantitative estimate of drug-likeness (QED) is 0.271. The summed E-state index contributed by atoms with van der Waals surface area (Å²) in [5, 5.41) is 11.5. The summed E-state index contributed by atoms with van der Waals surface area (Å²) in [6, 6.07) is 1.46. The number of nitriles is 1. The zero-order valence-corrected chi connectivity index (χ0v) is 5.56. The van der Waals surface area contributed by atoms with E-state index in [0.29, 0.717) is 19.4 Å². The van der Waals surface area contributed by atoms with Gasteiger partial charge in [-0.25, -0.2) is 0 Å². The maximum atomic E-state index is 8.21. The maximum absolute atomic E-state index is 8.21. The molecule has 1 atom stereocenters. The van der Waals surface area contributed by atoms with Gasteiger partial charge in [0.05, 0.1) is 12.1 Å². The molecule has 0 rings (SSSR count). The number of rotatable bonds is 4. The number of nitrogens with two attached hydrogens (primary N) is 1. The molecule has 0 bridgehead atoms. The maximum Gasteiger partial charge on any atom is 0.0928 e. The Bertz CT molecular complexity index is 163. The molecular formula is C5H9N5. The number of azide groups is 1. The first kappa shape index (κ1) is 8.76. The Labute approximate surface area is 59.1 Å². The van der Waals surface area contributed by atoms with Gasteiger partial charge in [0, 0.05) is 11.5 Å². The van der Waals surface area contributed by atoms with Gasteiger partial charge in [0.25, 0.3) is 0 Å². The fourth-order valence-electron chi connectivity index (χ4n) is 0.491. The van der Waals surface area contributed by atoms with E-state index in [1.54, 1.807) is 0 Å². The van der Waals surface area contributed by atoms with E-state index in [1.807, 2.05) is 6.07 Å². The first-order chi connectivity index (χ1) is 4.81. The first-order valence-corrected chi connectivity index (χ1v) is 2.97. The van der Waals surface area contributed by atoms with Crippen molar-refractivity contribution < 1.29 is 0 Å². The Balaban J connectivity index is 3.21. The van der Waals surface area contributed by atoms with Gasteiger partial charge in [-0.05, 0) is 18.4 Å². The fraction of sp³-hybridized carbons (Fsp3) is 0.800. The van der Waals surface area contributed by atoms with Crippen molar-refractivity contribution in [3.63, 3.8) is 0 Å². The molecule has 0 fully saturated rings. The molecule has 5 heteroatoms. The van der Waals surface area contributed by atoms with Crippen LogP contribution in [0.25, 0.3) is 10.4 Å². The van der Waals surface area contributed by atoms with Gasteiger partial charge in [-0.15, -0.1) is 0 Å². The normalized spacial score (nSPS) is 11.2. The molecule has 0 heterocycles. The van der Waals surface area contributed by atoms with E-state index in [9.17, 15) is 0 Å². The van der Waals surface area contributed by atoms with Gasteiger partial charge in [0.1, 0.15) is 0 Å². The van der Waals surface area contributed by atoms with E-state index in [1.165, 1.54) is 0 Å². The second-order valence-corrected chi connectivity index (χ2v) is 1.83. The molecule has 5 nitrogen and oxygen atoms in total. The molecule has 1 unspecified atom stereocenters. The molecule has 2 N–H and O–H groups in total. The van der Waals surface area contributed by atoms with Gasteiger partial charge in [-0.2, -0.15) is 5.26 Å². The number of hydrogen-bond donors (Lipinski definition) is 1. The summed E-state index contributed by atoms with van der Waals surface area (Å²) < 4.78 is 0. The Morgan fingerprint density at radius 2 is 2.50 bits per heavy atom. The minimum absolute atomic E-state index is 0.422. The van der Waals surface area contributed by atoms with Crippen LogP contribution in [0.5, 0.6) is 0 Å². The lowest BCUT2D eigenvalue weighted by Gasteiger charge is -1.96. The average molecular weight is 139 g/mol. The SMILES string of the molecule is N#CC(N)CCCN=[N+]=[N-]. The largest absolute Gasteiger partial charge is 0.316 e. The molecule has 0 aliphatic carbocycles. The molecule has 0 aromatic heterocycles. The van der Waals surface area contributed by atoms with Gasteiger partial charge in [0.15, 0.2) is 0 Å². The highest BCUT2D eigenvalue weighted by molar-refractivity contribution is 4.85. The van der Waals surface area contributed by atoms with Crippen molar-refractivity contribution in [3.8, 4) is 6.07 Å². The average Bonchev–Trinajstić information content (AvgIpc) is 1.98. The molecule has 10 heavy (non-hydrogen) atoms. The summed E-state index contributed by atoms with van der Waals surface area (Å²) in [5.41, 5.74) is 13.1. The number of nitrogens with zero attached hydrogens (tertiary/aromatic N) is 4.